The molecule has 70 valence electrons. The maximum absolute atomic E-state index is 8.93. The van der Waals surface area contributed by atoms with Crippen molar-refractivity contribution in [1.82, 2.24) is 0 Å². The van der Waals surface area contributed by atoms with Crippen LogP contribution >= 0.6 is 0 Å². The Morgan fingerprint density at radius 2 is 2.21 bits per heavy atom. The summed E-state index contributed by atoms with van der Waals surface area (Å²) < 4.78 is 0. The topological polar surface area (TPSA) is 23.8 Å². The Morgan fingerprint density at radius 1 is 1.50 bits per heavy atom. The molecule has 1 unspecified atom stereocenters. The second kappa shape index (κ2) is 4.49. The SMILES string of the molecule is C#CC(C)c1cccc(C#N)c1CC. The van der Waals surface area contributed by atoms with Gasteiger partial charge in [-0.15, -0.1) is 6.42 Å². The van der Waals surface area contributed by atoms with Gasteiger partial charge in [0.1, 0.15) is 0 Å². The first kappa shape index (κ1) is 10.4. The van der Waals surface area contributed by atoms with Gasteiger partial charge < -0.3 is 0 Å². The fourth-order valence-electron chi connectivity index (χ4n) is 1.60. The molecule has 0 radical (unpaired) electrons. The van der Waals surface area contributed by atoms with E-state index in [1.807, 2.05) is 32.0 Å². The van der Waals surface area contributed by atoms with E-state index < -0.39 is 0 Å². The van der Waals surface area contributed by atoms with Crippen LogP contribution in [0.1, 0.15) is 36.5 Å². The summed E-state index contributed by atoms with van der Waals surface area (Å²) in [7, 11) is 0. The van der Waals surface area contributed by atoms with Gasteiger partial charge in [0.15, 0.2) is 0 Å². The molecule has 0 aliphatic rings. The molecule has 0 N–H and O–H groups in total. The lowest BCUT2D eigenvalue weighted by molar-refractivity contribution is 0.953. The number of benzene rings is 1. The Balaban J connectivity index is 3.32. The highest BCUT2D eigenvalue weighted by atomic mass is 14.2. The minimum Gasteiger partial charge on any atom is -0.192 e. The van der Waals surface area contributed by atoms with Crippen molar-refractivity contribution in [2.75, 3.05) is 0 Å². The molecule has 1 nitrogen and oxygen atoms in total. The van der Waals surface area contributed by atoms with Crippen LogP contribution in [-0.2, 0) is 6.42 Å². The summed E-state index contributed by atoms with van der Waals surface area (Å²) >= 11 is 0. The Hall–Kier alpha value is -1.73. The molecular formula is C13H13N. The summed E-state index contributed by atoms with van der Waals surface area (Å²) in [5.41, 5.74) is 2.93. The van der Waals surface area contributed by atoms with Crippen molar-refractivity contribution in [3.8, 4) is 18.4 Å². The summed E-state index contributed by atoms with van der Waals surface area (Å²) in [5, 5.41) is 8.93. The van der Waals surface area contributed by atoms with Gasteiger partial charge in [-0.05, 0) is 30.5 Å². The standard InChI is InChI=1S/C13H13N/c1-4-10(3)13-8-6-7-11(9-14)12(13)5-2/h1,6-8,10H,5H2,2-3H3. The summed E-state index contributed by atoms with van der Waals surface area (Å²) in [4.78, 5) is 0. The van der Waals surface area contributed by atoms with Crippen LogP contribution in [0.2, 0.25) is 0 Å². The van der Waals surface area contributed by atoms with Gasteiger partial charge in [-0.25, -0.2) is 0 Å². The molecule has 0 saturated heterocycles. The van der Waals surface area contributed by atoms with Gasteiger partial charge in [-0.3, -0.25) is 0 Å². The van der Waals surface area contributed by atoms with Crippen LogP contribution in [-0.4, -0.2) is 0 Å². The second-order valence-corrected chi connectivity index (χ2v) is 3.23. The molecule has 0 bridgehead atoms. The van der Waals surface area contributed by atoms with E-state index in [-0.39, 0.29) is 5.92 Å². The zero-order valence-electron chi connectivity index (χ0n) is 8.54. The third kappa shape index (κ3) is 1.78. The van der Waals surface area contributed by atoms with Crippen LogP contribution in [0.15, 0.2) is 18.2 Å². The molecule has 1 atom stereocenters. The Labute approximate surface area is 85.4 Å². The van der Waals surface area contributed by atoms with Crippen molar-refractivity contribution in [3.63, 3.8) is 0 Å². The molecule has 1 aromatic rings. The van der Waals surface area contributed by atoms with Crippen LogP contribution < -0.4 is 0 Å². The van der Waals surface area contributed by atoms with E-state index in [1.54, 1.807) is 0 Å². The van der Waals surface area contributed by atoms with E-state index in [2.05, 4.69) is 12.0 Å². The number of nitriles is 1. The zero-order valence-corrected chi connectivity index (χ0v) is 8.54. The van der Waals surface area contributed by atoms with Crippen molar-refractivity contribution < 1.29 is 0 Å². The predicted octanol–water partition coefficient (Wildman–Crippen LogP) is 2.86. The van der Waals surface area contributed by atoms with Crippen LogP contribution in [0, 0.1) is 23.7 Å². The molecule has 1 aromatic carbocycles. The molecule has 1 heteroatoms. The van der Waals surface area contributed by atoms with Gasteiger partial charge in [-0.1, -0.05) is 25.0 Å². The highest BCUT2D eigenvalue weighted by Crippen LogP contribution is 2.22. The van der Waals surface area contributed by atoms with Crippen LogP contribution in [0.25, 0.3) is 0 Å². The maximum Gasteiger partial charge on any atom is 0.0994 e. The summed E-state index contributed by atoms with van der Waals surface area (Å²) in [6.07, 6.45) is 6.24. The van der Waals surface area contributed by atoms with Crippen LogP contribution in [0.4, 0.5) is 0 Å². The average molecular weight is 183 g/mol. The highest BCUT2D eigenvalue weighted by Gasteiger charge is 2.10. The highest BCUT2D eigenvalue weighted by molar-refractivity contribution is 5.45. The number of hydrogen-bond donors (Lipinski definition) is 0. The summed E-state index contributed by atoms with van der Waals surface area (Å²) in [5.74, 6) is 2.78. The van der Waals surface area contributed by atoms with E-state index in [9.17, 15) is 0 Å². The quantitative estimate of drug-likeness (QED) is 0.647. The molecular weight excluding hydrogens is 170 g/mol. The van der Waals surface area contributed by atoms with Crippen molar-refractivity contribution >= 4 is 0 Å². The largest absolute Gasteiger partial charge is 0.192 e. The minimum atomic E-state index is 0.0817. The van der Waals surface area contributed by atoms with Crippen molar-refractivity contribution in [1.29, 1.82) is 5.26 Å². The van der Waals surface area contributed by atoms with Crippen molar-refractivity contribution in [3.05, 3.63) is 34.9 Å². The molecule has 0 aliphatic carbocycles. The lowest BCUT2D eigenvalue weighted by Crippen LogP contribution is -1.99. The van der Waals surface area contributed by atoms with Gasteiger partial charge in [0.2, 0.25) is 0 Å². The molecule has 14 heavy (non-hydrogen) atoms. The smallest absolute Gasteiger partial charge is 0.0994 e. The molecule has 0 aromatic heterocycles. The second-order valence-electron chi connectivity index (χ2n) is 3.23. The lowest BCUT2D eigenvalue weighted by Gasteiger charge is -2.11. The van der Waals surface area contributed by atoms with Crippen LogP contribution in [0.3, 0.4) is 0 Å². The first-order valence-electron chi connectivity index (χ1n) is 4.72. The fraction of sp³-hybridized carbons (Fsp3) is 0.308. The molecule has 0 spiro atoms. The first-order chi connectivity index (χ1) is 6.74. The van der Waals surface area contributed by atoms with E-state index in [1.165, 1.54) is 0 Å². The number of hydrogen-bond acceptors (Lipinski definition) is 1. The Kier molecular flexibility index (Phi) is 3.32. The molecule has 0 fully saturated rings. The Bertz CT molecular complexity index is 404. The van der Waals surface area contributed by atoms with E-state index in [0.717, 1.165) is 23.1 Å². The number of rotatable bonds is 2. The third-order valence-corrected chi connectivity index (χ3v) is 2.40. The van der Waals surface area contributed by atoms with Gasteiger partial charge in [0.05, 0.1) is 11.6 Å². The van der Waals surface area contributed by atoms with Gasteiger partial charge >= 0.3 is 0 Å². The summed E-state index contributed by atoms with van der Waals surface area (Å²) in [6.45, 7) is 4.03. The van der Waals surface area contributed by atoms with E-state index in [4.69, 9.17) is 11.7 Å². The summed E-state index contributed by atoms with van der Waals surface area (Å²) in [6, 6.07) is 7.93. The fourth-order valence-corrected chi connectivity index (χ4v) is 1.60. The number of nitrogens with zero attached hydrogens (tertiary/aromatic N) is 1. The number of terminal acetylenes is 1. The molecule has 0 amide bonds. The van der Waals surface area contributed by atoms with Crippen molar-refractivity contribution in [2.24, 2.45) is 0 Å². The van der Waals surface area contributed by atoms with Crippen LogP contribution in [0.5, 0.6) is 0 Å². The maximum atomic E-state index is 8.93. The van der Waals surface area contributed by atoms with Crippen molar-refractivity contribution in [2.45, 2.75) is 26.2 Å². The minimum absolute atomic E-state index is 0.0817. The van der Waals surface area contributed by atoms with E-state index >= 15 is 0 Å². The van der Waals surface area contributed by atoms with E-state index in [0.29, 0.717) is 0 Å². The van der Waals surface area contributed by atoms with Gasteiger partial charge in [0, 0.05) is 5.92 Å². The molecule has 0 aliphatic heterocycles. The predicted molar refractivity (Wildman–Crippen MR) is 57.8 cm³/mol. The lowest BCUT2D eigenvalue weighted by atomic mass is 9.92. The molecule has 0 heterocycles. The van der Waals surface area contributed by atoms with Gasteiger partial charge in [-0.2, -0.15) is 5.26 Å². The van der Waals surface area contributed by atoms with Gasteiger partial charge in [0.25, 0.3) is 0 Å². The Morgan fingerprint density at radius 3 is 2.71 bits per heavy atom. The molecule has 0 saturated carbocycles. The average Bonchev–Trinajstić information content (AvgIpc) is 2.26. The normalized spacial score (nSPS) is 11.4. The monoisotopic (exact) mass is 183 g/mol. The zero-order chi connectivity index (χ0) is 10.6. The molecule has 1 rings (SSSR count). The third-order valence-electron chi connectivity index (χ3n) is 2.40. The first-order valence-corrected chi connectivity index (χ1v) is 4.72.